The molecule has 1 aromatic carbocycles. The Labute approximate surface area is 119 Å². The monoisotopic (exact) mass is 262 g/mol. The highest BCUT2D eigenvalue weighted by Crippen LogP contribution is 2.21. The molecule has 0 aliphatic rings. The molecule has 0 aromatic heterocycles. The van der Waals surface area contributed by atoms with Crippen molar-refractivity contribution in [2.75, 3.05) is 19.6 Å². The SMILES string of the molecule is CCNC(CN(CC)C(C)C)c1cc(C)ccc1C. The van der Waals surface area contributed by atoms with Crippen molar-refractivity contribution in [2.45, 2.75) is 53.6 Å². The van der Waals surface area contributed by atoms with Gasteiger partial charge >= 0.3 is 0 Å². The second-order valence-electron chi connectivity index (χ2n) is 5.65. The Morgan fingerprint density at radius 3 is 2.37 bits per heavy atom. The van der Waals surface area contributed by atoms with Crippen molar-refractivity contribution in [3.05, 3.63) is 34.9 Å². The van der Waals surface area contributed by atoms with Crippen LogP contribution in [-0.4, -0.2) is 30.6 Å². The molecule has 1 unspecified atom stereocenters. The molecule has 2 nitrogen and oxygen atoms in total. The van der Waals surface area contributed by atoms with Crippen molar-refractivity contribution in [3.8, 4) is 0 Å². The number of nitrogens with zero attached hydrogens (tertiary/aromatic N) is 1. The maximum absolute atomic E-state index is 3.64. The molecular formula is C17H30N2. The topological polar surface area (TPSA) is 15.3 Å². The minimum atomic E-state index is 0.423. The minimum absolute atomic E-state index is 0.423. The van der Waals surface area contributed by atoms with Crippen LogP contribution in [0.1, 0.15) is 50.4 Å². The van der Waals surface area contributed by atoms with E-state index in [0.29, 0.717) is 12.1 Å². The Bertz CT molecular complexity index is 385. The van der Waals surface area contributed by atoms with Crippen LogP contribution in [0.4, 0.5) is 0 Å². The fourth-order valence-electron chi connectivity index (χ4n) is 2.59. The predicted molar refractivity (Wildman–Crippen MR) is 84.7 cm³/mol. The molecule has 1 N–H and O–H groups in total. The first-order valence-corrected chi connectivity index (χ1v) is 7.54. The van der Waals surface area contributed by atoms with E-state index < -0.39 is 0 Å². The van der Waals surface area contributed by atoms with E-state index >= 15 is 0 Å². The van der Waals surface area contributed by atoms with Gasteiger partial charge in [0.05, 0.1) is 0 Å². The second kappa shape index (κ2) is 7.66. The molecule has 0 saturated heterocycles. The largest absolute Gasteiger partial charge is 0.309 e. The second-order valence-corrected chi connectivity index (χ2v) is 5.65. The average Bonchev–Trinajstić information content (AvgIpc) is 2.37. The third-order valence-corrected chi connectivity index (χ3v) is 3.81. The summed E-state index contributed by atoms with van der Waals surface area (Å²) in [4.78, 5) is 2.52. The summed E-state index contributed by atoms with van der Waals surface area (Å²) < 4.78 is 0. The first-order valence-electron chi connectivity index (χ1n) is 7.54. The fourth-order valence-corrected chi connectivity index (χ4v) is 2.59. The molecule has 0 saturated carbocycles. The van der Waals surface area contributed by atoms with E-state index in [4.69, 9.17) is 0 Å². The van der Waals surface area contributed by atoms with Gasteiger partial charge in [0.25, 0.3) is 0 Å². The van der Waals surface area contributed by atoms with Gasteiger partial charge < -0.3 is 5.32 Å². The molecule has 108 valence electrons. The number of hydrogen-bond acceptors (Lipinski definition) is 2. The molecule has 1 rings (SSSR count). The summed E-state index contributed by atoms with van der Waals surface area (Å²) in [5, 5.41) is 3.64. The van der Waals surface area contributed by atoms with Gasteiger partial charge in [-0.15, -0.1) is 0 Å². The van der Waals surface area contributed by atoms with Crippen LogP contribution in [0, 0.1) is 13.8 Å². The van der Waals surface area contributed by atoms with E-state index in [2.05, 4.69) is 70.0 Å². The van der Waals surface area contributed by atoms with Crippen molar-refractivity contribution in [1.29, 1.82) is 0 Å². The zero-order chi connectivity index (χ0) is 14.4. The normalized spacial score (nSPS) is 13.3. The molecule has 0 aliphatic carbocycles. The molecule has 0 spiro atoms. The molecule has 0 amide bonds. The first-order chi connectivity index (χ1) is 8.99. The zero-order valence-corrected chi connectivity index (χ0v) is 13.5. The molecule has 1 aromatic rings. The van der Waals surface area contributed by atoms with Crippen LogP contribution in [0.2, 0.25) is 0 Å². The quantitative estimate of drug-likeness (QED) is 0.806. The smallest absolute Gasteiger partial charge is 0.0452 e. The maximum atomic E-state index is 3.64. The van der Waals surface area contributed by atoms with E-state index in [1.165, 1.54) is 16.7 Å². The van der Waals surface area contributed by atoms with Crippen molar-refractivity contribution < 1.29 is 0 Å². The number of aryl methyl sites for hydroxylation is 2. The summed E-state index contributed by atoms with van der Waals surface area (Å²) >= 11 is 0. The Kier molecular flexibility index (Phi) is 6.53. The number of nitrogens with one attached hydrogen (secondary N) is 1. The van der Waals surface area contributed by atoms with Gasteiger partial charge in [-0.25, -0.2) is 0 Å². The lowest BCUT2D eigenvalue weighted by Crippen LogP contribution is -2.39. The summed E-state index contributed by atoms with van der Waals surface area (Å²) in [6, 6.07) is 7.78. The minimum Gasteiger partial charge on any atom is -0.309 e. The van der Waals surface area contributed by atoms with Crippen molar-refractivity contribution >= 4 is 0 Å². The Morgan fingerprint density at radius 2 is 1.84 bits per heavy atom. The van der Waals surface area contributed by atoms with Gasteiger partial charge in [-0.2, -0.15) is 0 Å². The highest BCUT2D eigenvalue weighted by molar-refractivity contribution is 5.33. The van der Waals surface area contributed by atoms with Gasteiger partial charge in [0.1, 0.15) is 0 Å². The molecule has 1 atom stereocenters. The van der Waals surface area contributed by atoms with Crippen LogP contribution in [0.5, 0.6) is 0 Å². The van der Waals surface area contributed by atoms with Gasteiger partial charge in [0, 0.05) is 18.6 Å². The summed E-state index contributed by atoms with van der Waals surface area (Å²) in [5.41, 5.74) is 4.17. The third-order valence-electron chi connectivity index (χ3n) is 3.81. The Morgan fingerprint density at radius 1 is 1.16 bits per heavy atom. The lowest BCUT2D eigenvalue weighted by Gasteiger charge is -2.31. The molecule has 0 heterocycles. The van der Waals surface area contributed by atoms with Crippen LogP contribution in [0.3, 0.4) is 0 Å². The summed E-state index contributed by atoms with van der Waals surface area (Å²) in [5.74, 6) is 0. The van der Waals surface area contributed by atoms with Crippen LogP contribution >= 0.6 is 0 Å². The summed E-state index contributed by atoms with van der Waals surface area (Å²) in [7, 11) is 0. The lowest BCUT2D eigenvalue weighted by atomic mass is 9.98. The predicted octanol–water partition coefficient (Wildman–Crippen LogP) is 3.68. The van der Waals surface area contributed by atoms with Crippen LogP contribution in [0.15, 0.2) is 18.2 Å². The molecular weight excluding hydrogens is 232 g/mol. The zero-order valence-electron chi connectivity index (χ0n) is 13.5. The van der Waals surface area contributed by atoms with E-state index in [1.54, 1.807) is 0 Å². The van der Waals surface area contributed by atoms with E-state index in [9.17, 15) is 0 Å². The number of hydrogen-bond donors (Lipinski definition) is 1. The van der Waals surface area contributed by atoms with E-state index in [-0.39, 0.29) is 0 Å². The molecule has 19 heavy (non-hydrogen) atoms. The lowest BCUT2D eigenvalue weighted by molar-refractivity contribution is 0.208. The summed E-state index contributed by atoms with van der Waals surface area (Å²) in [6.07, 6.45) is 0. The molecule has 0 fully saturated rings. The van der Waals surface area contributed by atoms with Gasteiger partial charge in [0.2, 0.25) is 0 Å². The number of likely N-dealkylation sites (N-methyl/N-ethyl adjacent to an activating group) is 2. The van der Waals surface area contributed by atoms with Crippen molar-refractivity contribution in [1.82, 2.24) is 10.2 Å². The molecule has 0 bridgehead atoms. The summed E-state index contributed by atoms with van der Waals surface area (Å²) in [6.45, 7) is 16.5. The fraction of sp³-hybridized carbons (Fsp3) is 0.647. The first kappa shape index (κ1) is 16.2. The standard InChI is InChI=1S/C17H30N2/c1-7-18-17(12-19(8-2)13(3)4)16-11-14(5)9-10-15(16)6/h9-11,13,17-18H,7-8,12H2,1-6H3. The Balaban J connectivity index is 2.96. The van der Waals surface area contributed by atoms with Crippen LogP contribution < -0.4 is 5.32 Å². The van der Waals surface area contributed by atoms with E-state index in [1.807, 2.05) is 0 Å². The molecule has 0 radical (unpaired) electrons. The third kappa shape index (κ3) is 4.63. The van der Waals surface area contributed by atoms with Gasteiger partial charge in [0.15, 0.2) is 0 Å². The number of rotatable bonds is 7. The van der Waals surface area contributed by atoms with Crippen LogP contribution in [-0.2, 0) is 0 Å². The van der Waals surface area contributed by atoms with E-state index in [0.717, 1.165) is 19.6 Å². The highest BCUT2D eigenvalue weighted by Gasteiger charge is 2.18. The molecule has 0 aliphatic heterocycles. The average molecular weight is 262 g/mol. The molecule has 2 heteroatoms. The van der Waals surface area contributed by atoms with Crippen molar-refractivity contribution in [2.24, 2.45) is 0 Å². The maximum Gasteiger partial charge on any atom is 0.0452 e. The highest BCUT2D eigenvalue weighted by atomic mass is 15.2. The van der Waals surface area contributed by atoms with Gasteiger partial charge in [-0.05, 0) is 51.9 Å². The van der Waals surface area contributed by atoms with Gasteiger partial charge in [-0.3, -0.25) is 4.90 Å². The van der Waals surface area contributed by atoms with Gasteiger partial charge in [-0.1, -0.05) is 37.6 Å². The van der Waals surface area contributed by atoms with Crippen molar-refractivity contribution in [3.63, 3.8) is 0 Å². The Hall–Kier alpha value is -0.860. The number of benzene rings is 1. The van der Waals surface area contributed by atoms with Crippen LogP contribution in [0.25, 0.3) is 0 Å².